The van der Waals surface area contributed by atoms with Gasteiger partial charge in [-0.25, -0.2) is 0 Å². The minimum absolute atomic E-state index is 0.00914. The lowest BCUT2D eigenvalue weighted by Crippen LogP contribution is -1.94. The molecule has 0 aliphatic heterocycles. The van der Waals surface area contributed by atoms with E-state index in [-0.39, 0.29) is 6.61 Å². The van der Waals surface area contributed by atoms with E-state index in [4.69, 9.17) is 21.4 Å². The normalized spacial score (nSPS) is 10.6. The Bertz CT molecular complexity index is 522. The molecule has 0 amide bonds. The number of aryl methyl sites for hydroxylation is 1. The number of benzene rings is 1. The zero-order chi connectivity index (χ0) is 13.0. The van der Waals surface area contributed by atoms with E-state index in [0.29, 0.717) is 17.4 Å². The summed E-state index contributed by atoms with van der Waals surface area (Å²) in [5.41, 5.74) is 0.789. The van der Waals surface area contributed by atoms with E-state index in [2.05, 4.69) is 19.1 Å². The van der Waals surface area contributed by atoms with Crippen LogP contribution in [0.25, 0.3) is 0 Å². The highest BCUT2D eigenvalue weighted by molar-refractivity contribution is 7.11. The molecule has 0 radical (unpaired) electrons. The number of halogens is 1. The molecule has 0 bridgehead atoms. The number of aliphatic hydroxyl groups is 1. The molecule has 0 saturated carbocycles. The Kier molecular flexibility index (Phi) is 4.64. The minimum atomic E-state index is -0.00914. The van der Waals surface area contributed by atoms with Gasteiger partial charge in [-0.15, -0.1) is 11.3 Å². The standard InChI is InChI=1S/C14H15ClO2S/c1-2-11-4-5-12(18-11)9-17-14-6-3-10(8-16)7-13(14)15/h3-7,16H,2,8-9H2,1H3. The second-order valence-electron chi connectivity index (χ2n) is 3.93. The summed E-state index contributed by atoms with van der Waals surface area (Å²) in [6.45, 7) is 2.66. The Morgan fingerprint density at radius 1 is 1.22 bits per heavy atom. The van der Waals surface area contributed by atoms with Crippen LogP contribution in [-0.4, -0.2) is 5.11 Å². The first-order valence-electron chi connectivity index (χ1n) is 5.82. The van der Waals surface area contributed by atoms with Gasteiger partial charge in [0.15, 0.2) is 0 Å². The van der Waals surface area contributed by atoms with Crippen LogP contribution < -0.4 is 4.74 Å². The lowest BCUT2D eigenvalue weighted by atomic mass is 10.2. The van der Waals surface area contributed by atoms with Gasteiger partial charge < -0.3 is 9.84 Å². The van der Waals surface area contributed by atoms with Crippen molar-refractivity contribution in [1.29, 1.82) is 0 Å². The molecule has 96 valence electrons. The molecule has 1 aromatic heterocycles. The molecular formula is C14H15ClO2S. The largest absolute Gasteiger partial charge is 0.487 e. The van der Waals surface area contributed by atoms with Crippen LogP contribution in [0.3, 0.4) is 0 Å². The van der Waals surface area contributed by atoms with E-state index in [0.717, 1.165) is 12.0 Å². The van der Waals surface area contributed by atoms with Crippen LogP contribution in [0.15, 0.2) is 30.3 Å². The summed E-state index contributed by atoms with van der Waals surface area (Å²) in [4.78, 5) is 2.55. The Morgan fingerprint density at radius 2 is 2.00 bits per heavy atom. The smallest absolute Gasteiger partial charge is 0.138 e. The van der Waals surface area contributed by atoms with E-state index in [9.17, 15) is 0 Å². The van der Waals surface area contributed by atoms with Crippen LogP contribution in [-0.2, 0) is 19.6 Å². The van der Waals surface area contributed by atoms with Crippen molar-refractivity contribution in [1.82, 2.24) is 0 Å². The molecule has 4 heteroatoms. The van der Waals surface area contributed by atoms with E-state index in [1.54, 1.807) is 23.5 Å². The van der Waals surface area contributed by atoms with Gasteiger partial charge in [0, 0.05) is 9.75 Å². The lowest BCUT2D eigenvalue weighted by molar-refractivity contribution is 0.281. The molecule has 18 heavy (non-hydrogen) atoms. The maximum Gasteiger partial charge on any atom is 0.138 e. The molecular weight excluding hydrogens is 268 g/mol. The molecule has 0 spiro atoms. The molecule has 2 rings (SSSR count). The predicted octanol–water partition coefficient (Wildman–Crippen LogP) is 4.04. The van der Waals surface area contributed by atoms with Crippen molar-refractivity contribution >= 4 is 22.9 Å². The van der Waals surface area contributed by atoms with Crippen molar-refractivity contribution in [3.05, 3.63) is 50.7 Å². The number of thiophene rings is 1. The topological polar surface area (TPSA) is 29.5 Å². The van der Waals surface area contributed by atoms with Crippen LogP contribution in [0, 0.1) is 0 Å². The molecule has 0 aliphatic rings. The fourth-order valence-electron chi connectivity index (χ4n) is 1.60. The molecule has 1 N–H and O–H groups in total. The van der Waals surface area contributed by atoms with E-state index < -0.39 is 0 Å². The van der Waals surface area contributed by atoms with Crippen LogP contribution in [0.5, 0.6) is 5.75 Å². The molecule has 1 aromatic carbocycles. The van der Waals surface area contributed by atoms with Crippen molar-refractivity contribution in [3.63, 3.8) is 0 Å². The summed E-state index contributed by atoms with van der Waals surface area (Å²) in [6.07, 6.45) is 1.05. The molecule has 2 nitrogen and oxygen atoms in total. The Morgan fingerprint density at radius 3 is 2.61 bits per heavy atom. The number of hydrogen-bond donors (Lipinski definition) is 1. The molecule has 1 heterocycles. The van der Waals surface area contributed by atoms with Gasteiger partial charge in [0.2, 0.25) is 0 Å². The Labute approximate surface area is 116 Å². The van der Waals surface area contributed by atoms with Crippen LogP contribution in [0.4, 0.5) is 0 Å². The molecule has 2 aromatic rings. The second kappa shape index (κ2) is 6.23. The summed E-state index contributed by atoms with van der Waals surface area (Å²) in [5, 5.41) is 9.53. The van der Waals surface area contributed by atoms with Crippen LogP contribution in [0.1, 0.15) is 22.2 Å². The van der Waals surface area contributed by atoms with Crippen molar-refractivity contribution in [2.45, 2.75) is 26.6 Å². The maximum absolute atomic E-state index is 8.99. The summed E-state index contributed by atoms with van der Waals surface area (Å²) < 4.78 is 5.68. The fraction of sp³-hybridized carbons (Fsp3) is 0.286. The number of ether oxygens (including phenoxy) is 1. The molecule has 0 aliphatic carbocycles. The molecule has 0 fully saturated rings. The average Bonchev–Trinajstić information content (AvgIpc) is 2.85. The van der Waals surface area contributed by atoms with E-state index in [1.807, 2.05) is 6.07 Å². The minimum Gasteiger partial charge on any atom is -0.487 e. The van der Waals surface area contributed by atoms with Gasteiger partial charge in [-0.2, -0.15) is 0 Å². The molecule has 0 saturated heterocycles. The average molecular weight is 283 g/mol. The number of rotatable bonds is 5. The third-order valence-corrected chi connectivity index (χ3v) is 4.11. The van der Waals surface area contributed by atoms with Crippen molar-refractivity contribution in [2.24, 2.45) is 0 Å². The van der Waals surface area contributed by atoms with Crippen LogP contribution in [0.2, 0.25) is 5.02 Å². The monoisotopic (exact) mass is 282 g/mol. The van der Waals surface area contributed by atoms with E-state index >= 15 is 0 Å². The lowest BCUT2D eigenvalue weighted by Gasteiger charge is -2.07. The SMILES string of the molecule is CCc1ccc(COc2ccc(CO)cc2Cl)s1. The summed E-state index contributed by atoms with van der Waals surface area (Å²) in [5.74, 6) is 0.653. The number of aliphatic hydroxyl groups excluding tert-OH is 1. The van der Waals surface area contributed by atoms with Crippen molar-refractivity contribution < 1.29 is 9.84 Å². The van der Waals surface area contributed by atoms with Crippen LogP contribution >= 0.6 is 22.9 Å². The predicted molar refractivity (Wildman–Crippen MR) is 75.4 cm³/mol. The highest BCUT2D eigenvalue weighted by Crippen LogP contribution is 2.27. The third kappa shape index (κ3) is 3.25. The Balaban J connectivity index is 2.01. The van der Waals surface area contributed by atoms with Gasteiger partial charge in [0.25, 0.3) is 0 Å². The first kappa shape index (κ1) is 13.4. The Hall–Kier alpha value is -1.03. The second-order valence-corrected chi connectivity index (χ2v) is 5.59. The van der Waals surface area contributed by atoms with Gasteiger partial charge in [0.05, 0.1) is 11.6 Å². The summed E-state index contributed by atoms with van der Waals surface area (Å²) in [6, 6.07) is 9.54. The van der Waals surface area contributed by atoms with Gasteiger partial charge in [0.1, 0.15) is 12.4 Å². The first-order valence-corrected chi connectivity index (χ1v) is 7.02. The van der Waals surface area contributed by atoms with Gasteiger partial charge in [-0.1, -0.05) is 24.6 Å². The highest BCUT2D eigenvalue weighted by atomic mass is 35.5. The van der Waals surface area contributed by atoms with Gasteiger partial charge >= 0.3 is 0 Å². The quantitative estimate of drug-likeness (QED) is 0.897. The third-order valence-electron chi connectivity index (χ3n) is 2.61. The van der Waals surface area contributed by atoms with Gasteiger partial charge in [-0.3, -0.25) is 0 Å². The van der Waals surface area contributed by atoms with Gasteiger partial charge in [-0.05, 0) is 36.2 Å². The summed E-state index contributed by atoms with van der Waals surface area (Å²) >= 11 is 7.83. The zero-order valence-electron chi connectivity index (χ0n) is 10.1. The molecule has 0 unspecified atom stereocenters. The highest BCUT2D eigenvalue weighted by Gasteiger charge is 2.04. The summed E-state index contributed by atoms with van der Waals surface area (Å²) in [7, 11) is 0. The van der Waals surface area contributed by atoms with E-state index in [1.165, 1.54) is 9.75 Å². The van der Waals surface area contributed by atoms with Crippen molar-refractivity contribution in [2.75, 3.05) is 0 Å². The first-order chi connectivity index (χ1) is 8.72. The molecule has 0 atom stereocenters. The maximum atomic E-state index is 8.99. The zero-order valence-corrected chi connectivity index (χ0v) is 11.7. The van der Waals surface area contributed by atoms with Crippen molar-refractivity contribution in [3.8, 4) is 5.75 Å². The fourth-order valence-corrected chi connectivity index (χ4v) is 2.73. The number of hydrogen-bond acceptors (Lipinski definition) is 3.